The quantitative estimate of drug-likeness (QED) is 0.648. The maximum absolute atomic E-state index is 10.3. The highest BCUT2D eigenvalue weighted by Crippen LogP contribution is 2.56. The van der Waals surface area contributed by atoms with Crippen molar-refractivity contribution in [1.29, 1.82) is 0 Å². The average Bonchev–Trinajstić information content (AvgIpc) is 2.89. The lowest BCUT2D eigenvalue weighted by Crippen LogP contribution is -2.37. The van der Waals surface area contributed by atoms with E-state index in [1.54, 1.807) is 11.1 Å². The molecule has 2 heteroatoms. The summed E-state index contributed by atoms with van der Waals surface area (Å²) in [6, 6.07) is 0. The molecule has 0 amide bonds. The lowest BCUT2D eigenvalue weighted by atomic mass is 9.65. The second-order valence-corrected chi connectivity index (χ2v) is 7.57. The van der Waals surface area contributed by atoms with E-state index >= 15 is 0 Å². The molecule has 2 aliphatic rings. The van der Waals surface area contributed by atoms with Gasteiger partial charge in [-0.2, -0.15) is 0 Å². The molecule has 2 aliphatic carbocycles. The maximum Gasteiger partial charge on any atom is 0.0576 e. The lowest BCUT2D eigenvalue weighted by molar-refractivity contribution is 0.0145. The Labute approximate surface area is 145 Å². The molecule has 138 valence electrons. The molecule has 2 rings (SSSR count). The summed E-state index contributed by atoms with van der Waals surface area (Å²) in [6.07, 6.45) is 9.89. The monoisotopic (exact) mass is 326 g/mol. The predicted octanol–water partition coefficient (Wildman–Crippen LogP) is 5.73. The van der Waals surface area contributed by atoms with Gasteiger partial charge in [-0.15, -0.1) is 0 Å². The van der Waals surface area contributed by atoms with E-state index in [1.807, 2.05) is 13.8 Å². The van der Waals surface area contributed by atoms with Crippen molar-refractivity contribution in [3.8, 4) is 0 Å². The van der Waals surface area contributed by atoms with E-state index < -0.39 is 0 Å². The first-order valence-corrected chi connectivity index (χ1v) is 9.77. The lowest BCUT2D eigenvalue weighted by Gasteiger charge is -2.41. The third-order valence-corrected chi connectivity index (χ3v) is 5.72. The molecule has 3 unspecified atom stereocenters. The van der Waals surface area contributed by atoms with Crippen LogP contribution in [0.5, 0.6) is 0 Å². The zero-order valence-corrected chi connectivity index (χ0v) is 16.8. The number of hydrogen-bond acceptors (Lipinski definition) is 2. The molecule has 0 radical (unpaired) electrons. The first-order valence-electron chi connectivity index (χ1n) is 9.77. The second kappa shape index (κ2) is 11.3. The van der Waals surface area contributed by atoms with Crippen LogP contribution in [0.25, 0.3) is 0 Å². The zero-order valence-electron chi connectivity index (χ0n) is 16.8. The van der Waals surface area contributed by atoms with E-state index in [-0.39, 0.29) is 6.10 Å². The fraction of sp³-hybridized carbons (Fsp3) is 0.905. The van der Waals surface area contributed by atoms with E-state index in [2.05, 4.69) is 27.7 Å². The van der Waals surface area contributed by atoms with E-state index in [0.29, 0.717) is 11.3 Å². The van der Waals surface area contributed by atoms with Crippen molar-refractivity contribution in [2.45, 2.75) is 99.0 Å². The fourth-order valence-electron chi connectivity index (χ4n) is 4.59. The van der Waals surface area contributed by atoms with Gasteiger partial charge in [0.15, 0.2) is 0 Å². The first-order chi connectivity index (χ1) is 10.9. The number of fused-ring (bicyclic) bond motifs is 1. The van der Waals surface area contributed by atoms with Gasteiger partial charge >= 0.3 is 0 Å². The van der Waals surface area contributed by atoms with Crippen LogP contribution in [0.1, 0.15) is 92.9 Å². The summed E-state index contributed by atoms with van der Waals surface area (Å²) >= 11 is 0. The van der Waals surface area contributed by atoms with Crippen molar-refractivity contribution >= 4 is 0 Å². The highest BCUT2D eigenvalue weighted by atomic mass is 16.3. The molecular formula is C21H42O2. The van der Waals surface area contributed by atoms with Gasteiger partial charge in [-0.25, -0.2) is 0 Å². The molecule has 2 saturated carbocycles. The summed E-state index contributed by atoms with van der Waals surface area (Å²) < 4.78 is 0. The van der Waals surface area contributed by atoms with Crippen LogP contribution in [-0.2, 0) is 0 Å². The van der Waals surface area contributed by atoms with Gasteiger partial charge in [0, 0.05) is 7.11 Å². The van der Waals surface area contributed by atoms with Crippen LogP contribution in [0.15, 0.2) is 11.1 Å². The number of hydrogen-bond donors (Lipinski definition) is 2. The van der Waals surface area contributed by atoms with Gasteiger partial charge in [0.1, 0.15) is 0 Å². The third kappa shape index (κ3) is 5.90. The summed E-state index contributed by atoms with van der Waals surface area (Å²) in [5, 5.41) is 17.3. The first kappa shape index (κ1) is 22.7. The van der Waals surface area contributed by atoms with Crippen LogP contribution in [-0.4, -0.2) is 23.4 Å². The number of rotatable bonds is 4. The zero-order chi connectivity index (χ0) is 18.0. The van der Waals surface area contributed by atoms with E-state index in [0.717, 1.165) is 19.4 Å². The molecule has 0 aromatic carbocycles. The Morgan fingerprint density at radius 2 is 1.83 bits per heavy atom. The number of aliphatic hydroxyl groups is 2. The largest absolute Gasteiger partial charge is 0.400 e. The highest BCUT2D eigenvalue weighted by Gasteiger charge is 2.48. The van der Waals surface area contributed by atoms with Crippen molar-refractivity contribution in [2.75, 3.05) is 7.11 Å². The molecule has 2 nitrogen and oxygen atoms in total. The Morgan fingerprint density at radius 3 is 2.39 bits per heavy atom. The molecule has 23 heavy (non-hydrogen) atoms. The molecule has 0 spiro atoms. The minimum atomic E-state index is -0.0419. The smallest absolute Gasteiger partial charge is 0.0576 e. The third-order valence-electron chi connectivity index (χ3n) is 5.72. The van der Waals surface area contributed by atoms with Crippen molar-refractivity contribution in [3.05, 3.63) is 11.1 Å². The molecule has 0 heterocycles. The van der Waals surface area contributed by atoms with Gasteiger partial charge in [-0.1, -0.05) is 52.2 Å². The molecule has 0 saturated heterocycles. The Hall–Kier alpha value is -0.340. The Morgan fingerprint density at radius 1 is 1.22 bits per heavy atom. The van der Waals surface area contributed by atoms with Gasteiger partial charge in [-0.3, -0.25) is 0 Å². The van der Waals surface area contributed by atoms with Crippen molar-refractivity contribution in [3.63, 3.8) is 0 Å². The van der Waals surface area contributed by atoms with Crippen molar-refractivity contribution < 1.29 is 10.2 Å². The van der Waals surface area contributed by atoms with E-state index in [9.17, 15) is 5.11 Å². The van der Waals surface area contributed by atoms with Gasteiger partial charge in [0.25, 0.3) is 0 Å². The van der Waals surface area contributed by atoms with Crippen LogP contribution >= 0.6 is 0 Å². The molecule has 0 aromatic heterocycles. The van der Waals surface area contributed by atoms with E-state index in [4.69, 9.17) is 5.11 Å². The summed E-state index contributed by atoms with van der Waals surface area (Å²) in [6.45, 7) is 13.4. The summed E-state index contributed by atoms with van der Waals surface area (Å²) in [5.74, 6) is 1.36. The topological polar surface area (TPSA) is 40.5 Å². The molecule has 2 fully saturated rings. The summed E-state index contributed by atoms with van der Waals surface area (Å²) in [4.78, 5) is 0. The Bertz CT molecular complexity index is 346. The number of aliphatic hydroxyl groups excluding tert-OH is 2. The van der Waals surface area contributed by atoms with Gasteiger partial charge < -0.3 is 10.2 Å². The standard InChI is InChI=1S/C18H32O.C2H6.CH4O/c1-13(2)7-5-8-14(3)15-10-11-16-17(19)9-6-12-18(15,16)4;2*1-2/h13,16-17,19H,5-12H2,1-4H3;1-2H3;2H,1H3/b15-14-;;. The van der Waals surface area contributed by atoms with Crippen molar-refractivity contribution in [2.24, 2.45) is 17.3 Å². The van der Waals surface area contributed by atoms with Crippen LogP contribution in [0.4, 0.5) is 0 Å². The highest BCUT2D eigenvalue weighted by molar-refractivity contribution is 5.27. The molecule has 0 bridgehead atoms. The average molecular weight is 327 g/mol. The summed E-state index contributed by atoms with van der Waals surface area (Å²) in [7, 11) is 1.00. The molecule has 2 N–H and O–H groups in total. The Kier molecular flexibility index (Phi) is 11.1. The van der Waals surface area contributed by atoms with Crippen LogP contribution < -0.4 is 0 Å². The van der Waals surface area contributed by atoms with Gasteiger partial charge in [-0.05, 0) is 69.1 Å². The maximum atomic E-state index is 10.3. The normalized spacial score (nSPS) is 31.6. The minimum Gasteiger partial charge on any atom is -0.400 e. The van der Waals surface area contributed by atoms with Gasteiger partial charge in [0.2, 0.25) is 0 Å². The van der Waals surface area contributed by atoms with Crippen molar-refractivity contribution in [1.82, 2.24) is 0 Å². The Balaban J connectivity index is 0.00000112. The van der Waals surface area contributed by atoms with E-state index in [1.165, 1.54) is 44.9 Å². The molecular weight excluding hydrogens is 284 g/mol. The number of allylic oxidation sites excluding steroid dienone is 2. The van der Waals surface area contributed by atoms with Crippen LogP contribution in [0.3, 0.4) is 0 Å². The SMILES string of the molecule is C/C(CCCC(C)C)=C1\CCC2C(O)CCCC12C.CC.CO. The van der Waals surface area contributed by atoms with Crippen LogP contribution in [0, 0.1) is 17.3 Å². The van der Waals surface area contributed by atoms with Gasteiger partial charge in [0.05, 0.1) is 6.10 Å². The molecule has 3 atom stereocenters. The fourth-order valence-corrected chi connectivity index (χ4v) is 4.59. The second-order valence-electron chi connectivity index (χ2n) is 7.57. The predicted molar refractivity (Wildman–Crippen MR) is 102 cm³/mol. The minimum absolute atomic E-state index is 0.0419. The summed E-state index contributed by atoms with van der Waals surface area (Å²) in [5.41, 5.74) is 3.67. The van der Waals surface area contributed by atoms with Crippen LogP contribution in [0.2, 0.25) is 0 Å². The molecule has 0 aromatic rings. The molecule has 0 aliphatic heterocycles.